The van der Waals surface area contributed by atoms with Crippen molar-refractivity contribution >= 4 is 33.8 Å². The van der Waals surface area contributed by atoms with Crippen LogP contribution in [-0.4, -0.2) is 44.5 Å². The molecule has 3 rings (SSSR count). The van der Waals surface area contributed by atoms with Crippen LogP contribution in [0.3, 0.4) is 0 Å². The number of rotatable bonds is 3. The summed E-state index contributed by atoms with van der Waals surface area (Å²) in [5, 5.41) is 10.9. The summed E-state index contributed by atoms with van der Waals surface area (Å²) in [6.45, 7) is 6.36. The molecule has 2 aromatic rings. The minimum absolute atomic E-state index is 0.212. The molecule has 1 saturated heterocycles. The third-order valence-electron chi connectivity index (χ3n) is 4.88. The van der Waals surface area contributed by atoms with Gasteiger partial charge in [0.25, 0.3) is 11.3 Å². The van der Waals surface area contributed by atoms with Crippen molar-refractivity contribution in [2.45, 2.75) is 45.3 Å². The van der Waals surface area contributed by atoms with E-state index in [1.165, 1.54) is 4.31 Å². The van der Waals surface area contributed by atoms with E-state index in [0.717, 1.165) is 10.8 Å². The van der Waals surface area contributed by atoms with E-state index in [2.05, 4.69) is 6.07 Å². The highest BCUT2D eigenvalue weighted by molar-refractivity contribution is 7.80. The molecule has 0 spiro atoms. The van der Waals surface area contributed by atoms with Gasteiger partial charge in [-0.15, -0.1) is 0 Å². The predicted octanol–water partition coefficient (Wildman–Crippen LogP) is 4.05. The maximum absolute atomic E-state index is 12.3. The first kappa shape index (κ1) is 21.1. The van der Waals surface area contributed by atoms with Crippen molar-refractivity contribution in [2.24, 2.45) is 0 Å². The third-order valence-corrected chi connectivity index (χ3v) is 5.71. The lowest BCUT2D eigenvalue weighted by Gasteiger charge is -2.38. The summed E-state index contributed by atoms with van der Waals surface area (Å²) in [5.41, 5.74) is 0.567. The summed E-state index contributed by atoms with van der Waals surface area (Å²) in [6, 6.07) is 12.7. The van der Waals surface area contributed by atoms with E-state index in [1.807, 2.05) is 45.0 Å². The van der Waals surface area contributed by atoms with Crippen molar-refractivity contribution in [1.82, 2.24) is 4.90 Å². The summed E-state index contributed by atoms with van der Waals surface area (Å²) in [4.78, 5) is 13.9. The Kier molecular flexibility index (Phi) is 6.10. The van der Waals surface area contributed by atoms with Crippen LogP contribution in [0.15, 0.2) is 36.4 Å². The van der Waals surface area contributed by atoms with E-state index in [4.69, 9.17) is 4.74 Å². The quantitative estimate of drug-likeness (QED) is 0.763. The number of benzene rings is 2. The van der Waals surface area contributed by atoms with Gasteiger partial charge in [-0.2, -0.15) is 5.26 Å². The second kappa shape index (κ2) is 8.39. The summed E-state index contributed by atoms with van der Waals surface area (Å²) in [6.07, 6.45) is 0.719. The van der Waals surface area contributed by atoms with Crippen LogP contribution in [0.1, 0.15) is 39.2 Å². The number of likely N-dealkylation sites (tertiary alicyclic amines) is 1. The number of hydrogen-bond acceptors (Lipinski definition) is 4. The summed E-state index contributed by atoms with van der Waals surface area (Å²) >= 11 is -2.24. The molecule has 0 bridgehead atoms. The van der Waals surface area contributed by atoms with Crippen molar-refractivity contribution < 1.29 is 18.3 Å². The molecule has 1 unspecified atom stereocenters. The number of anilines is 1. The Balaban J connectivity index is 1.85. The van der Waals surface area contributed by atoms with E-state index in [0.29, 0.717) is 37.2 Å². The lowest BCUT2D eigenvalue weighted by atomic mass is 10.0. The molecule has 2 aromatic carbocycles. The molecule has 29 heavy (non-hydrogen) atoms. The zero-order valence-corrected chi connectivity index (χ0v) is 17.6. The molecular formula is C21H25N3O4S. The van der Waals surface area contributed by atoms with Gasteiger partial charge in [-0.3, -0.25) is 8.86 Å². The number of piperidine rings is 1. The molecule has 1 heterocycles. The SMILES string of the molecule is CC(C)(C)OC(=O)N1CCC(N(c2ccc(C#N)c3ccccc23)S(=O)O)CC1. The molecule has 0 saturated carbocycles. The van der Waals surface area contributed by atoms with Crippen LogP contribution in [0.25, 0.3) is 10.8 Å². The van der Waals surface area contributed by atoms with Crippen LogP contribution < -0.4 is 4.31 Å². The molecule has 0 aromatic heterocycles. The summed E-state index contributed by atoms with van der Waals surface area (Å²) in [7, 11) is 0. The fraction of sp³-hybridized carbons (Fsp3) is 0.429. The smallest absolute Gasteiger partial charge is 0.410 e. The minimum Gasteiger partial charge on any atom is -0.444 e. The van der Waals surface area contributed by atoms with Crippen LogP contribution in [0.2, 0.25) is 0 Å². The molecule has 1 atom stereocenters. The number of amides is 1. The average molecular weight is 416 g/mol. The van der Waals surface area contributed by atoms with Gasteiger partial charge in [0.05, 0.1) is 17.3 Å². The van der Waals surface area contributed by atoms with E-state index in [1.54, 1.807) is 17.0 Å². The number of fused-ring (bicyclic) bond motifs is 1. The molecule has 1 aliphatic heterocycles. The normalized spacial score (nSPS) is 16.3. The third kappa shape index (κ3) is 4.69. The molecule has 7 nitrogen and oxygen atoms in total. The van der Waals surface area contributed by atoms with Gasteiger partial charge in [-0.05, 0) is 45.7 Å². The van der Waals surface area contributed by atoms with Gasteiger partial charge in [0, 0.05) is 29.9 Å². The first-order chi connectivity index (χ1) is 13.7. The second-order valence-electron chi connectivity index (χ2n) is 8.04. The van der Waals surface area contributed by atoms with E-state index in [9.17, 15) is 18.8 Å². The molecule has 1 N–H and O–H groups in total. The van der Waals surface area contributed by atoms with Crippen molar-refractivity contribution in [3.8, 4) is 6.07 Å². The first-order valence-corrected chi connectivity index (χ1v) is 10.6. The van der Waals surface area contributed by atoms with Crippen LogP contribution in [-0.2, 0) is 16.0 Å². The predicted molar refractivity (Wildman–Crippen MR) is 113 cm³/mol. The van der Waals surface area contributed by atoms with Crippen molar-refractivity contribution in [1.29, 1.82) is 5.26 Å². The molecule has 8 heteroatoms. The van der Waals surface area contributed by atoms with Gasteiger partial charge in [-0.25, -0.2) is 9.00 Å². The fourth-order valence-electron chi connectivity index (χ4n) is 3.59. The highest BCUT2D eigenvalue weighted by Crippen LogP contribution is 2.33. The highest BCUT2D eigenvalue weighted by Gasteiger charge is 2.32. The average Bonchev–Trinajstić information content (AvgIpc) is 2.67. The highest BCUT2D eigenvalue weighted by atomic mass is 32.2. The Morgan fingerprint density at radius 1 is 1.21 bits per heavy atom. The van der Waals surface area contributed by atoms with Gasteiger partial charge >= 0.3 is 6.09 Å². The molecule has 1 aliphatic rings. The Labute approximate surface area is 173 Å². The first-order valence-electron chi connectivity index (χ1n) is 9.51. The number of nitriles is 1. The zero-order chi connectivity index (χ0) is 21.2. The molecular weight excluding hydrogens is 390 g/mol. The molecule has 0 aliphatic carbocycles. The monoisotopic (exact) mass is 415 g/mol. The maximum Gasteiger partial charge on any atom is 0.410 e. The topological polar surface area (TPSA) is 93.9 Å². The number of nitrogens with zero attached hydrogens (tertiary/aromatic N) is 3. The van der Waals surface area contributed by atoms with E-state index >= 15 is 0 Å². The van der Waals surface area contributed by atoms with E-state index < -0.39 is 16.9 Å². The van der Waals surface area contributed by atoms with Crippen LogP contribution in [0.5, 0.6) is 0 Å². The summed E-state index contributed by atoms with van der Waals surface area (Å²) < 4.78 is 29.2. The molecule has 154 valence electrons. The zero-order valence-electron chi connectivity index (χ0n) is 16.8. The van der Waals surface area contributed by atoms with Crippen LogP contribution >= 0.6 is 0 Å². The lowest BCUT2D eigenvalue weighted by molar-refractivity contribution is 0.0208. The molecule has 0 radical (unpaired) electrons. The number of ether oxygens (including phenoxy) is 1. The van der Waals surface area contributed by atoms with Crippen LogP contribution in [0.4, 0.5) is 10.5 Å². The maximum atomic E-state index is 12.3. The van der Waals surface area contributed by atoms with Gasteiger partial charge in [-0.1, -0.05) is 24.3 Å². The second-order valence-corrected chi connectivity index (χ2v) is 8.90. The van der Waals surface area contributed by atoms with Gasteiger partial charge in [0.15, 0.2) is 0 Å². The van der Waals surface area contributed by atoms with Crippen molar-refractivity contribution in [2.75, 3.05) is 17.4 Å². The Bertz CT molecular complexity index is 972. The largest absolute Gasteiger partial charge is 0.444 e. The Hall–Kier alpha value is -2.63. The van der Waals surface area contributed by atoms with Gasteiger partial charge in [0.2, 0.25) is 0 Å². The number of hydrogen-bond donors (Lipinski definition) is 1. The number of carbonyl (C=O) groups is 1. The fourth-order valence-corrected chi connectivity index (χ4v) is 4.38. The Morgan fingerprint density at radius 3 is 2.38 bits per heavy atom. The molecule has 1 fully saturated rings. The number of carbonyl (C=O) groups excluding carboxylic acids is 1. The van der Waals surface area contributed by atoms with Crippen molar-refractivity contribution in [3.05, 3.63) is 42.0 Å². The Morgan fingerprint density at radius 2 is 1.83 bits per heavy atom. The van der Waals surface area contributed by atoms with Crippen molar-refractivity contribution in [3.63, 3.8) is 0 Å². The standard InChI is InChI=1S/C21H25N3O4S/c1-21(2,3)28-20(25)23-12-10-16(11-13-23)24(29(26)27)19-9-8-15(14-22)17-6-4-5-7-18(17)19/h4-9,16H,10-13H2,1-3H3,(H,26,27). The molecule has 1 amide bonds. The summed E-state index contributed by atoms with van der Waals surface area (Å²) in [5.74, 6) is 0. The lowest BCUT2D eigenvalue weighted by Crippen LogP contribution is -2.48. The van der Waals surface area contributed by atoms with Crippen LogP contribution in [0, 0.1) is 11.3 Å². The minimum atomic E-state index is -2.24. The van der Waals surface area contributed by atoms with Gasteiger partial charge in [0.1, 0.15) is 5.60 Å². The van der Waals surface area contributed by atoms with Gasteiger partial charge < -0.3 is 9.64 Å². The van der Waals surface area contributed by atoms with E-state index in [-0.39, 0.29) is 12.1 Å².